The van der Waals surface area contributed by atoms with Crippen LogP contribution in [0.4, 0.5) is 0 Å². The number of nitrogens with zero attached hydrogens (tertiary/aromatic N) is 1. The molecule has 6 heteroatoms. The monoisotopic (exact) mass is 264 g/mol. The van der Waals surface area contributed by atoms with Gasteiger partial charge in [0.2, 0.25) is 0 Å². The second kappa shape index (κ2) is 6.68. The van der Waals surface area contributed by atoms with Gasteiger partial charge < -0.3 is 15.4 Å². The van der Waals surface area contributed by atoms with Gasteiger partial charge in [-0.1, -0.05) is 6.92 Å². The Morgan fingerprint density at radius 1 is 1.53 bits per heavy atom. The molecular weight excluding hydrogens is 240 g/mol. The van der Waals surface area contributed by atoms with Gasteiger partial charge in [-0.2, -0.15) is 0 Å². The van der Waals surface area contributed by atoms with Gasteiger partial charge in [-0.05, 0) is 19.9 Å². The molecule has 0 aromatic rings. The molecule has 1 fully saturated rings. The van der Waals surface area contributed by atoms with E-state index in [1.807, 2.05) is 7.05 Å². The zero-order valence-corrected chi connectivity index (χ0v) is 11.6. The highest BCUT2D eigenvalue weighted by Crippen LogP contribution is 2.10. The van der Waals surface area contributed by atoms with E-state index in [1.54, 1.807) is 6.92 Å². The lowest BCUT2D eigenvalue weighted by Gasteiger charge is -2.33. The lowest BCUT2D eigenvalue weighted by atomic mass is 10.1. The number of hydrogen-bond acceptors (Lipinski definition) is 5. The maximum atomic E-state index is 11.3. The van der Waals surface area contributed by atoms with E-state index >= 15 is 0 Å². The maximum Gasteiger partial charge on any atom is 0.150 e. The van der Waals surface area contributed by atoms with Gasteiger partial charge in [0, 0.05) is 24.9 Å². The lowest BCUT2D eigenvalue weighted by Crippen LogP contribution is -2.49. The van der Waals surface area contributed by atoms with Crippen LogP contribution in [0.25, 0.3) is 0 Å². The van der Waals surface area contributed by atoms with Crippen LogP contribution in [0.3, 0.4) is 0 Å². The molecule has 0 bridgehead atoms. The van der Waals surface area contributed by atoms with Crippen molar-refractivity contribution in [1.82, 2.24) is 4.90 Å². The molecule has 17 heavy (non-hydrogen) atoms. The molecule has 2 atom stereocenters. The summed E-state index contributed by atoms with van der Waals surface area (Å²) in [6, 6.07) is -0.0650. The summed E-state index contributed by atoms with van der Waals surface area (Å²) in [6.07, 6.45) is 1.37. The van der Waals surface area contributed by atoms with E-state index < -0.39 is 9.84 Å². The molecule has 0 spiro atoms. The topological polar surface area (TPSA) is 72.6 Å². The van der Waals surface area contributed by atoms with Crippen LogP contribution in [0.15, 0.2) is 0 Å². The number of morpholine rings is 1. The Balaban J connectivity index is 2.27. The van der Waals surface area contributed by atoms with Crippen molar-refractivity contribution in [2.24, 2.45) is 5.73 Å². The van der Waals surface area contributed by atoms with E-state index in [9.17, 15) is 8.42 Å². The number of likely N-dealkylation sites (N-methyl/N-ethyl adjacent to an activating group) is 1. The highest BCUT2D eigenvalue weighted by Gasteiger charge is 2.24. The van der Waals surface area contributed by atoms with Crippen LogP contribution in [0.2, 0.25) is 0 Å². The van der Waals surface area contributed by atoms with E-state index in [0.29, 0.717) is 19.4 Å². The number of hydrogen-bond donors (Lipinski definition) is 1. The second-order valence-corrected chi connectivity index (χ2v) is 7.19. The zero-order valence-electron chi connectivity index (χ0n) is 10.8. The van der Waals surface area contributed by atoms with Gasteiger partial charge in [-0.15, -0.1) is 0 Å². The molecule has 0 amide bonds. The van der Waals surface area contributed by atoms with E-state index in [2.05, 4.69) is 4.90 Å². The Morgan fingerprint density at radius 3 is 2.82 bits per heavy atom. The van der Waals surface area contributed by atoms with Crippen LogP contribution in [0, 0.1) is 0 Å². The van der Waals surface area contributed by atoms with Crippen molar-refractivity contribution in [3.63, 3.8) is 0 Å². The molecule has 1 aliphatic heterocycles. The summed E-state index contributed by atoms with van der Waals surface area (Å²) in [5, 5.41) is 0. The fourth-order valence-electron chi connectivity index (χ4n) is 1.94. The van der Waals surface area contributed by atoms with Crippen molar-refractivity contribution in [3.05, 3.63) is 0 Å². The minimum absolute atomic E-state index is 0.0399. The molecule has 1 aliphatic rings. The van der Waals surface area contributed by atoms with Gasteiger partial charge in [0.25, 0.3) is 0 Å². The van der Waals surface area contributed by atoms with Crippen LogP contribution < -0.4 is 5.73 Å². The lowest BCUT2D eigenvalue weighted by molar-refractivity contribution is -0.0332. The van der Waals surface area contributed by atoms with Gasteiger partial charge in [0.05, 0.1) is 18.5 Å². The molecule has 0 radical (unpaired) electrons. The Kier molecular flexibility index (Phi) is 5.85. The van der Waals surface area contributed by atoms with Crippen molar-refractivity contribution in [2.45, 2.75) is 31.9 Å². The van der Waals surface area contributed by atoms with Crippen molar-refractivity contribution in [1.29, 1.82) is 0 Å². The van der Waals surface area contributed by atoms with Gasteiger partial charge >= 0.3 is 0 Å². The summed E-state index contributed by atoms with van der Waals surface area (Å²) in [7, 11) is -0.818. The van der Waals surface area contributed by atoms with Crippen molar-refractivity contribution in [3.8, 4) is 0 Å². The first kappa shape index (κ1) is 14.9. The maximum absolute atomic E-state index is 11.3. The third-order valence-corrected chi connectivity index (χ3v) is 5.00. The van der Waals surface area contributed by atoms with Crippen molar-refractivity contribution in [2.75, 3.05) is 38.2 Å². The van der Waals surface area contributed by atoms with E-state index in [-0.39, 0.29) is 23.7 Å². The van der Waals surface area contributed by atoms with Crippen LogP contribution >= 0.6 is 0 Å². The predicted octanol–water partition coefficient (Wildman–Crippen LogP) is -0.141. The van der Waals surface area contributed by atoms with Gasteiger partial charge in [-0.25, -0.2) is 8.42 Å². The molecule has 1 saturated heterocycles. The normalized spacial score (nSPS) is 24.8. The molecule has 5 nitrogen and oxygen atoms in total. The van der Waals surface area contributed by atoms with Gasteiger partial charge in [0.15, 0.2) is 0 Å². The average Bonchev–Trinajstić information content (AvgIpc) is 2.28. The smallest absolute Gasteiger partial charge is 0.150 e. The van der Waals surface area contributed by atoms with Crippen LogP contribution in [-0.2, 0) is 14.6 Å². The molecule has 0 aromatic heterocycles. The fraction of sp³-hybridized carbons (Fsp3) is 1.00. The molecule has 2 unspecified atom stereocenters. The van der Waals surface area contributed by atoms with E-state index in [1.165, 1.54) is 0 Å². The van der Waals surface area contributed by atoms with Crippen molar-refractivity contribution >= 4 is 9.84 Å². The quantitative estimate of drug-likeness (QED) is 0.723. The number of ether oxygens (including phenoxy) is 1. The third-order valence-electron chi connectivity index (χ3n) is 3.21. The molecule has 0 aromatic carbocycles. The first-order valence-corrected chi connectivity index (χ1v) is 8.03. The van der Waals surface area contributed by atoms with Crippen LogP contribution in [-0.4, -0.2) is 63.7 Å². The largest absolute Gasteiger partial charge is 0.374 e. The first-order chi connectivity index (χ1) is 7.94. The highest BCUT2D eigenvalue weighted by molar-refractivity contribution is 7.91. The molecule has 2 N–H and O–H groups in total. The summed E-state index contributed by atoms with van der Waals surface area (Å²) in [4.78, 5) is 2.19. The summed E-state index contributed by atoms with van der Waals surface area (Å²) < 4.78 is 28.3. The molecule has 0 aliphatic carbocycles. The molecule has 102 valence electrons. The SMILES string of the molecule is CCS(=O)(=O)CCCC(N)C1CN(C)CCO1. The van der Waals surface area contributed by atoms with Crippen LogP contribution in [0.5, 0.6) is 0 Å². The Morgan fingerprint density at radius 2 is 2.24 bits per heavy atom. The fourth-order valence-corrected chi connectivity index (χ4v) is 2.83. The molecule has 1 rings (SSSR count). The van der Waals surface area contributed by atoms with E-state index in [4.69, 9.17) is 10.5 Å². The molecule has 0 saturated carbocycles. The number of nitrogens with two attached hydrogens (primary N) is 1. The highest BCUT2D eigenvalue weighted by atomic mass is 32.2. The standard InChI is InChI=1S/C11H24N2O3S/c1-3-17(14,15)8-4-5-10(12)11-9-13(2)6-7-16-11/h10-11H,3-9,12H2,1-2H3. The van der Waals surface area contributed by atoms with E-state index in [0.717, 1.165) is 13.1 Å². The summed E-state index contributed by atoms with van der Waals surface area (Å²) in [5.74, 6) is 0.449. The molecular formula is C11H24N2O3S. The summed E-state index contributed by atoms with van der Waals surface area (Å²) in [6.45, 7) is 4.16. The van der Waals surface area contributed by atoms with Gasteiger partial charge in [0.1, 0.15) is 9.84 Å². The minimum atomic E-state index is -2.86. The minimum Gasteiger partial charge on any atom is -0.374 e. The Labute approximate surface area is 104 Å². The zero-order chi connectivity index (χ0) is 12.9. The van der Waals surface area contributed by atoms with Gasteiger partial charge in [-0.3, -0.25) is 0 Å². The number of sulfone groups is 1. The summed E-state index contributed by atoms with van der Waals surface area (Å²) in [5.41, 5.74) is 6.03. The Hall–Kier alpha value is -0.170. The van der Waals surface area contributed by atoms with Crippen molar-refractivity contribution < 1.29 is 13.2 Å². The first-order valence-electron chi connectivity index (χ1n) is 6.21. The third kappa shape index (κ3) is 5.33. The average molecular weight is 264 g/mol. The Bertz CT molecular complexity index is 319. The summed E-state index contributed by atoms with van der Waals surface area (Å²) >= 11 is 0. The second-order valence-electron chi connectivity index (χ2n) is 4.71. The number of rotatable bonds is 6. The van der Waals surface area contributed by atoms with Crippen LogP contribution in [0.1, 0.15) is 19.8 Å². The molecule has 1 heterocycles. The predicted molar refractivity (Wildman–Crippen MR) is 68.8 cm³/mol.